The summed E-state index contributed by atoms with van der Waals surface area (Å²) in [7, 11) is 0. The van der Waals surface area contributed by atoms with Crippen molar-refractivity contribution < 1.29 is 4.79 Å². The third-order valence-electron chi connectivity index (χ3n) is 3.24. The SMILES string of the molecule is CCN(C(=O)c1cccc(Br)c1C)c1cccc(N)c1. The molecule has 0 saturated heterocycles. The first kappa shape index (κ1) is 14.6. The summed E-state index contributed by atoms with van der Waals surface area (Å²) in [5.74, 6) is -0.0168. The van der Waals surface area contributed by atoms with Gasteiger partial charge in [-0.05, 0) is 49.7 Å². The van der Waals surface area contributed by atoms with E-state index < -0.39 is 0 Å². The Morgan fingerprint density at radius 2 is 1.95 bits per heavy atom. The van der Waals surface area contributed by atoms with Crippen LogP contribution in [0.5, 0.6) is 0 Å². The molecule has 3 nitrogen and oxygen atoms in total. The molecular weight excluding hydrogens is 316 g/mol. The van der Waals surface area contributed by atoms with E-state index in [0.717, 1.165) is 15.7 Å². The van der Waals surface area contributed by atoms with E-state index in [1.807, 2.05) is 56.3 Å². The molecule has 0 radical (unpaired) electrons. The van der Waals surface area contributed by atoms with E-state index >= 15 is 0 Å². The average Bonchev–Trinajstić information content (AvgIpc) is 2.42. The summed E-state index contributed by atoms with van der Waals surface area (Å²) in [5.41, 5.74) is 8.91. The number of benzene rings is 2. The molecule has 0 heterocycles. The van der Waals surface area contributed by atoms with Crippen molar-refractivity contribution in [1.29, 1.82) is 0 Å². The number of nitrogens with zero attached hydrogens (tertiary/aromatic N) is 1. The van der Waals surface area contributed by atoms with Crippen LogP contribution in [0.2, 0.25) is 0 Å². The summed E-state index contributed by atoms with van der Waals surface area (Å²) < 4.78 is 0.937. The van der Waals surface area contributed by atoms with E-state index in [1.165, 1.54) is 0 Å². The Bertz CT molecular complexity index is 640. The van der Waals surface area contributed by atoms with Crippen molar-refractivity contribution >= 4 is 33.2 Å². The van der Waals surface area contributed by atoms with Gasteiger partial charge >= 0.3 is 0 Å². The van der Waals surface area contributed by atoms with Crippen LogP contribution in [0.1, 0.15) is 22.8 Å². The van der Waals surface area contributed by atoms with E-state index in [-0.39, 0.29) is 5.91 Å². The van der Waals surface area contributed by atoms with Crippen LogP contribution in [0.4, 0.5) is 11.4 Å². The number of anilines is 2. The van der Waals surface area contributed by atoms with Gasteiger partial charge in [-0.2, -0.15) is 0 Å². The second-order valence-electron chi connectivity index (χ2n) is 4.56. The molecule has 4 heteroatoms. The van der Waals surface area contributed by atoms with Gasteiger partial charge in [-0.25, -0.2) is 0 Å². The van der Waals surface area contributed by atoms with Crippen LogP contribution in [0.25, 0.3) is 0 Å². The molecule has 0 aliphatic carbocycles. The number of hydrogen-bond acceptors (Lipinski definition) is 2. The number of carbonyl (C=O) groups excluding carboxylic acids is 1. The molecule has 2 rings (SSSR count). The molecule has 104 valence electrons. The molecular formula is C16H17BrN2O. The third-order valence-corrected chi connectivity index (χ3v) is 4.10. The molecule has 0 aromatic heterocycles. The lowest BCUT2D eigenvalue weighted by Crippen LogP contribution is -2.31. The summed E-state index contributed by atoms with van der Waals surface area (Å²) in [4.78, 5) is 14.5. The van der Waals surface area contributed by atoms with Crippen molar-refractivity contribution in [3.05, 3.63) is 58.1 Å². The fourth-order valence-electron chi connectivity index (χ4n) is 2.12. The normalized spacial score (nSPS) is 10.3. The maximum Gasteiger partial charge on any atom is 0.258 e. The number of nitrogens with two attached hydrogens (primary N) is 1. The minimum atomic E-state index is -0.0168. The highest BCUT2D eigenvalue weighted by Crippen LogP contribution is 2.24. The lowest BCUT2D eigenvalue weighted by atomic mass is 10.1. The quantitative estimate of drug-likeness (QED) is 0.863. The zero-order valence-electron chi connectivity index (χ0n) is 11.6. The Morgan fingerprint density at radius 3 is 2.60 bits per heavy atom. The highest BCUT2D eigenvalue weighted by Gasteiger charge is 2.18. The molecule has 0 saturated carbocycles. The molecule has 0 aliphatic heterocycles. The number of amides is 1. The van der Waals surface area contributed by atoms with Gasteiger partial charge in [0.2, 0.25) is 0 Å². The minimum absolute atomic E-state index is 0.0168. The van der Waals surface area contributed by atoms with Crippen LogP contribution in [-0.4, -0.2) is 12.5 Å². The molecule has 0 fully saturated rings. The van der Waals surface area contributed by atoms with Gasteiger partial charge in [0, 0.05) is 28.0 Å². The largest absolute Gasteiger partial charge is 0.399 e. The Labute approximate surface area is 127 Å². The van der Waals surface area contributed by atoms with Crippen molar-refractivity contribution in [3.8, 4) is 0 Å². The number of nitrogen functional groups attached to an aromatic ring is 1. The molecule has 0 atom stereocenters. The highest BCUT2D eigenvalue weighted by molar-refractivity contribution is 9.10. The van der Waals surface area contributed by atoms with Crippen LogP contribution >= 0.6 is 15.9 Å². The first-order chi connectivity index (χ1) is 9.54. The predicted molar refractivity (Wildman–Crippen MR) is 87.1 cm³/mol. The summed E-state index contributed by atoms with van der Waals surface area (Å²) in [6.07, 6.45) is 0. The Balaban J connectivity index is 2.42. The van der Waals surface area contributed by atoms with E-state index in [0.29, 0.717) is 17.8 Å². The Hall–Kier alpha value is -1.81. The smallest absolute Gasteiger partial charge is 0.258 e. The summed E-state index contributed by atoms with van der Waals surface area (Å²) in [6, 6.07) is 13.0. The minimum Gasteiger partial charge on any atom is -0.399 e. The van der Waals surface area contributed by atoms with E-state index in [2.05, 4.69) is 15.9 Å². The molecule has 1 amide bonds. The van der Waals surface area contributed by atoms with Gasteiger partial charge in [0.05, 0.1) is 0 Å². The van der Waals surface area contributed by atoms with E-state index in [4.69, 9.17) is 5.73 Å². The first-order valence-corrected chi connectivity index (χ1v) is 7.26. The summed E-state index contributed by atoms with van der Waals surface area (Å²) >= 11 is 3.46. The number of rotatable bonds is 3. The zero-order chi connectivity index (χ0) is 14.7. The Kier molecular flexibility index (Phi) is 4.45. The second-order valence-corrected chi connectivity index (χ2v) is 5.41. The number of halogens is 1. The molecule has 0 bridgehead atoms. The van der Waals surface area contributed by atoms with Crippen molar-refractivity contribution in [3.63, 3.8) is 0 Å². The number of carbonyl (C=O) groups is 1. The summed E-state index contributed by atoms with van der Waals surface area (Å²) in [6.45, 7) is 4.48. The van der Waals surface area contributed by atoms with Gasteiger partial charge in [-0.15, -0.1) is 0 Å². The van der Waals surface area contributed by atoms with Crippen LogP contribution in [-0.2, 0) is 0 Å². The molecule has 0 spiro atoms. The van der Waals surface area contributed by atoms with Crippen LogP contribution in [0.15, 0.2) is 46.9 Å². The predicted octanol–water partition coefficient (Wildman–Crippen LogP) is 4.01. The van der Waals surface area contributed by atoms with Gasteiger partial charge in [-0.1, -0.05) is 28.1 Å². The summed E-state index contributed by atoms with van der Waals surface area (Å²) in [5, 5.41) is 0. The van der Waals surface area contributed by atoms with Crippen molar-refractivity contribution in [2.75, 3.05) is 17.2 Å². The molecule has 2 aromatic rings. The van der Waals surface area contributed by atoms with Crippen molar-refractivity contribution in [2.24, 2.45) is 0 Å². The standard InChI is InChI=1S/C16H17BrN2O/c1-3-19(13-7-4-6-12(18)10-13)16(20)14-8-5-9-15(17)11(14)2/h4-10H,3,18H2,1-2H3. The fraction of sp³-hybridized carbons (Fsp3) is 0.188. The van der Waals surface area contributed by atoms with Gasteiger partial charge in [0.25, 0.3) is 5.91 Å². The molecule has 0 aliphatic rings. The van der Waals surface area contributed by atoms with E-state index in [9.17, 15) is 4.79 Å². The maximum atomic E-state index is 12.7. The zero-order valence-corrected chi connectivity index (χ0v) is 13.1. The Morgan fingerprint density at radius 1 is 1.25 bits per heavy atom. The molecule has 0 unspecified atom stereocenters. The average molecular weight is 333 g/mol. The molecule has 2 N–H and O–H groups in total. The molecule has 20 heavy (non-hydrogen) atoms. The van der Waals surface area contributed by atoms with Gasteiger partial charge < -0.3 is 10.6 Å². The first-order valence-electron chi connectivity index (χ1n) is 6.47. The van der Waals surface area contributed by atoms with Crippen LogP contribution in [0.3, 0.4) is 0 Å². The lowest BCUT2D eigenvalue weighted by molar-refractivity contribution is 0.0987. The van der Waals surface area contributed by atoms with Gasteiger partial charge in [-0.3, -0.25) is 4.79 Å². The third kappa shape index (κ3) is 2.85. The monoisotopic (exact) mass is 332 g/mol. The fourth-order valence-corrected chi connectivity index (χ4v) is 2.49. The maximum absolute atomic E-state index is 12.7. The second kappa shape index (κ2) is 6.09. The highest BCUT2D eigenvalue weighted by atomic mass is 79.9. The van der Waals surface area contributed by atoms with Crippen LogP contribution in [0, 0.1) is 6.92 Å². The van der Waals surface area contributed by atoms with Gasteiger partial charge in [0.1, 0.15) is 0 Å². The lowest BCUT2D eigenvalue weighted by Gasteiger charge is -2.22. The van der Waals surface area contributed by atoms with Crippen molar-refractivity contribution in [1.82, 2.24) is 0 Å². The molecule has 2 aromatic carbocycles. The number of hydrogen-bond donors (Lipinski definition) is 1. The van der Waals surface area contributed by atoms with Crippen LogP contribution < -0.4 is 10.6 Å². The van der Waals surface area contributed by atoms with Gasteiger partial charge in [0.15, 0.2) is 0 Å². The van der Waals surface area contributed by atoms with E-state index in [1.54, 1.807) is 4.90 Å². The van der Waals surface area contributed by atoms with Crippen molar-refractivity contribution in [2.45, 2.75) is 13.8 Å². The topological polar surface area (TPSA) is 46.3 Å².